The summed E-state index contributed by atoms with van der Waals surface area (Å²) in [4.78, 5) is 27.2. The lowest BCUT2D eigenvalue weighted by Gasteiger charge is -2.26. The zero-order chi connectivity index (χ0) is 29.2. The van der Waals surface area contributed by atoms with Crippen molar-refractivity contribution < 1.29 is 27.4 Å². The topological polar surface area (TPSA) is 114 Å². The van der Waals surface area contributed by atoms with Gasteiger partial charge in [0.2, 0.25) is 11.9 Å². The van der Waals surface area contributed by atoms with Crippen LogP contribution in [0.5, 0.6) is 11.8 Å². The molecule has 13 heteroatoms. The number of rotatable bonds is 3. The predicted molar refractivity (Wildman–Crippen MR) is 149 cm³/mol. The fraction of sp³-hybridized carbons (Fsp3) is 0.429. The number of nitrogens with one attached hydrogen (secondary N) is 3. The van der Waals surface area contributed by atoms with Crippen LogP contribution < -0.4 is 25.4 Å². The number of nitrogens with zero attached hydrogens (tertiary/aromatic N) is 4. The molecule has 0 fully saturated rings. The maximum atomic E-state index is 12.7. The van der Waals surface area contributed by atoms with Crippen molar-refractivity contribution in [2.24, 2.45) is 0 Å². The van der Waals surface area contributed by atoms with Gasteiger partial charge in [-0.15, -0.1) is 0 Å². The highest BCUT2D eigenvalue weighted by molar-refractivity contribution is 5.94. The maximum absolute atomic E-state index is 12.7. The van der Waals surface area contributed by atoms with Crippen molar-refractivity contribution in [2.45, 2.75) is 45.5 Å². The molecule has 2 aromatic carbocycles. The molecular formula is C28H34F3N7O3. The minimum absolute atomic E-state index is 0.0233. The Morgan fingerprint density at radius 2 is 1.66 bits per heavy atom. The van der Waals surface area contributed by atoms with E-state index in [1.807, 2.05) is 24.3 Å². The Balaban J connectivity index is 1.54. The van der Waals surface area contributed by atoms with E-state index in [9.17, 15) is 18.0 Å². The summed E-state index contributed by atoms with van der Waals surface area (Å²) in [7, 11) is 0. The van der Waals surface area contributed by atoms with Gasteiger partial charge < -0.3 is 30.3 Å². The van der Waals surface area contributed by atoms with Crippen LogP contribution in [0, 0.1) is 0 Å². The highest BCUT2D eigenvalue weighted by Gasteiger charge is 2.29. The standard InChI is InChI=1S/C28H34F3N7O3/c1-19(2)38-14-3-13-32-24(39)21-7-9-22(10-8-21)34-26-35-25(36-27(37-26)41-18-28(29,30)31)33-17-20-5-11-23(12-6-20)40-16-4-15-38/h5-12,19H,3-4,13-18H2,1-2H3,(H,32,39)(H2,33,34,35,36,37). The largest absolute Gasteiger partial charge is 0.494 e. The van der Waals surface area contributed by atoms with Crippen molar-refractivity contribution in [3.8, 4) is 11.8 Å². The molecule has 0 unspecified atom stereocenters. The summed E-state index contributed by atoms with van der Waals surface area (Å²) < 4.78 is 48.9. The first-order valence-corrected chi connectivity index (χ1v) is 13.5. The number of hydrogen-bond donors (Lipinski definition) is 3. The number of amides is 1. The van der Waals surface area contributed by atoms with Gasteiger partial charge in [-0.2, -0.15) is 28.1 Å². The predicted octanol–water partition coefficient (Wildman–Crippen LogP) is 4.78. The van der Waals surface area contributed by atoms with Gasteiger partial charge in [0.1, 0.15) is 5.75 Å². The summed E-state index contributed by atoms with van der Waals surface area (Å²) in [5.41, 5.74) is 1.89. The molecule has 0 saturated heterocycles. The van der Waals surface area contributed by atoms with Gasteiger partial charge >= 0.3 is 12.2 Å². The fourth-order valence-corrected chi connectivity index (χ4v) is 4.09. The number of carbonyl (C=O) groups is 1. The van der Waals surface area contributed by atoms with E-state index in [0.29, 0.717) is 37.0 Å². The van der Waals surface area contributed by atoms with Crippen LogP contribution in [0.4, 0.5) is 30.8 Å². The van der Waals surface area contributed by atoms with E-state index in [1.54, 1.807) is 24.3 Å². The van der Waals surface area contributed by atoms with E-state index in [2.05, 4.69) is 49.6 Å². The first-order valence-electron chi connectivity index (χ1n) is 13.5. The molecule has 0 saturated carbocycles. The number of benzene rings is 2. The third-order valence-electron chi connectivity index (χ3n) is 6.25. The SMILES string of the molecule is CC(C)N1CCCNC(=O)c2ccc(cc2)Nc2nc(nc(OCC(F)(F)F)n2)NCc2ccc(cc2)OCCC1. The van der Waals surface area contributed by atoms with E-state index in [1.165, 1.54) is 0 Å². The Bertz CT molecular complexity index is 1270. The number of hydrogen-bond acceptors (Lipinski definition) is 9. The minimum atomic E-state index is -4.56. The van der Waals surface area contributed by atoms with E-state index < -0.39 is 18.8 Å². The van der Waals surface area contributed by atoms with Crippen LogP contribution in [0.1, 0.15) is 42.6 Å². The highest BCUT2D eigenvalue weighted by Crippen LogP contribution is 2.21. The molecule has 0 radical (unpaired) electrons. The lowest BCUT2D eigenvalue weighted by Crippen LogP contribution is -2.35. The molecule has 0 aliphatic carbocycles. The molecular weight excluding hydrogens is 539 g/mol. The monoisotopic (exact) mass is 573 g/mol. The van der Waals surface area contributed by atoms with Crippen LogP contribution in [0.25, 0.3) is 0 Å². The Morgan fingerprint density at radius 3 is 2.37 bits per heavy atom. The normalized spacial score (nSPS) is 15.8. The van der Waals surface area contributed by atoms with Crippen LogP contribution in [0.3, 0.4) is 0 Å². The molecule has 41 heavy (non-hydrogen) atoms. The molecule has 10 nitrogen and oxygen atoms in total. The van der Waals surface area contributed by atoms with E-state index >= 15 is 0 Å². The molecule has 5 heterocycles. The van der Waals surface area contributed by atoms with E-state index in [0.717, 1.165) is 37.2 Å². The van der Waals surface area contributed by atoms with Crippen molar-refractivity contribution in [1.82, 2.24) is 25.2 Å². The molecule has 220 valence electrons. The Kier molecular flexibility index (Phi) is 10.2. The van der Waals surface area contributed by atoms with Gasteiger partial charge in [-0.3, -0.25) is 4.79 Å². The van der Waals surface area contributed by atoms with Gasteiger partial charge in [-0.05, 0) is 68.7 Å². The first kappa shape index (κ1) is 29.8. The quantitative estimate of drug-likeness (QED) is 0.407. The molecule has 3 N–H and O–H groups in total. The van der Waals surface area contributed by atoms with Gasteiger partial charge in [0.05, 0.1) is 6.61 Å². The zero-order valence-corrected chi connectivity index (χ0v) is 23.0. The average Bonchev–Trinajstić information content (AvgIpc) is 2.94. The Labute approximate surface area is 236 Å². The Hall–Kier alpha value is -4.13. The van der Waals surface area contributed by atoms with Crippen LogP contribution in [0.15, 0.2) is 48.5 Å². The third kappa shape index (κ3) is 9.78. The van der Waals surface area contributed by atoms with Crippen LogP contribution in [-0.2, 0) is 6.54 Å². The van der Waals surface area contributed by atoms with Crippen molar-refractivity contribution in [3.63, 3.8) is 0 Å². The number of carbonyl (C=O) groups excluding carboxylic acids is 1. The highest BCUT2D eigenvalue weighted by atomic mass is 19.4. The van der Waals surface area contributed by atoms with Gasteiger partial charge in [0.25, 0.3) is 5.91 Å². The van der Waals surface area contributed by atoms with Crippen molar-refractivity contribution in [3.05, 3.63) is 59.7 Å². The third-order valence-corrected chi connectivity index (χ3v) is 6.25. The van der Waals surface area contributed by atoms with Crippen LogP contribution in [0.2, 0.25) is 0 Å². The molecule has 1 aromatic heterocycles. The maximum Gasteiger partial charge on any atom is 0.422 e. The lowest BCUT2D eigenvalue weighted by molar-refractivity contribution is -0.154. The van der Waals surface area contributed by atoms with Gasteiger partial charge in [-0.1, -0.05) is 12.1 Å². The number of ether oxygens (including phenoxy) is 2. The second-order valence-electron chi connectivity index (χ2n) is 9.81. The summed E-state index contributed by atoms with van der Waals surface area (Å²) in [5, 5.41) is 8.88. The van der Waals surface area contributed by atoms with E-state index in [-0.39, 0.29) is 17.8 Å². The number of aromatic nitrogens is 3. The molecule has 4 aliphatic rings. The van der Waals surface area contributed by atoms with Gasteiger partial charge in [0, 0.05) is 43.5 Å². The average molecular weight is 574 g/mol. The summed E-state index contributed by atoms with van der Waals surface area (Å²) in [5.74, 6) is 0.544. The van der Waals surface area contributed by atoms with Crippen LogP contribution in [-0.4, -0.2) is 70.8 Å². The van der Waals surface area contributed by atoms with Crippen LogP contribution >= 0.6 is 0 Å². The summed E-state index contributed by atoms with van der Waals surface area (Å²) in [6, 6.07) is 14.0. The smallest absolute Gasteiger partial charge is 0.422 e. The molecule has 6 bridgehead atoms. The second-order valence-corrected chi connectivity index (χ2v) is 9.81. The summed E-state index contributed by atoms with van der Waals surface area (Å²) >= 11 is 0. The zero-order valence-electron chi connectivity index (χ0n) is 23.0. The number of anilines is 3. The summed E-state index contributed by atoms with van der Waals surface area (Å²) in [6.07, 6.45) is -2.89. The Morgan fingerprint density at radius 1 is 0.951 bits per heavy atom. The van der Waals surface area contributed by atoms with Gasteiger partial charge in [-0.25, -0.2) is 0 Å². The fourth-order valence-electron chi connectivity index (χ4n) is 4.09. The van der Waals surface area contributed by atoms with Crippen molar-refractivity contribution >= 4 is 23.5 Å². The molecule has 7 rings (SSSR count). The molecule has 4 aliphatic heterocycles. The summed E-state index contributed by atoms with van der Waals surface area (Å²) in [6.45, 7) is 5.90. The lowest BCUT2D eigenvalue weighted by atomic mass is 10.2. The second kappa shape index (κ2) is 14.0. The molecule has 1 amide bonds. The first-order chi connectivity index (χ1) is 19.6. The van der Waals surface area contributed by atoms with Crippen molar-refractivity contribution in [2.75, 3.05) is 43.5 Å². The van der Waals surface area contributed by atoms with E-state index in [4.69, 9.17) is 9.47 Å². The number of halogens is 3. The molecule has 3 aromatic rings. The minimum Gasteiger partial charge on any atom is -0.494 e. The number of alkyl halides is 3. The van der Waals surface area contributed by atoms with Crippen molar-refractivity contribution in [1.29, 1.82) is 0 Å². The molecule has 0 atom stereocenters. The molecule has 0 spiro atoms. The van der Waals surface area contributed by atoms with Gasteiger partial charge in [0.15, 0.2) is 6.61 Å².